The molecule has 132 valence electrons. The lowest BCUT2D eigenvalue weighted by Gasteiger charge is -2.22. The topological polar surface area (TPSA) is 171 Å². The van der Waals surface area contributed by atoms with Gasteiger partial charge in [0.25, 0.3) is 0 Å². The first-order valence-corrected chi connectivity index (χ1v) is 7.05. The molecule has 3 amide bonds. The van der Waals surface area contributed by atoms with Crippen LogP contribution in [0.3, 0.4) is 0 Å². The average molecular weight is 332 g/mol. The van der Waals surface area contributed by atoms with Crippen molar-refractivity contribution in [2.45, 2.75) is 58.0 Å². The molecule has 0 fully saturated rings. The van der Waals surface area contributed by atoms with Gasteiger partial charge < -0.3 is 31.9 Å². The Hall–Kier alpha value is -2.20. The maximum Gasteiger partial charge on any atom is 0.328 e. The molecule has 7 N–H and O–H groups in total. The number of hydrogen-bond acceptors (Lipinski definition) is 6. The Morgan fingerprint density at radius 2 is 1.22 bits per heavy atom. The lowest BCUT2D eigenvalue weighted by Crippen LogP contribution is -2.56. The highest BCUT2D eigenvalue weighted by Crippen LogP contribution is 1.95. The van der Waals surface area contributed by atoms with E-state index in [9.17, 15) is 24.3 Å². The standard InChI is InChI=1S/C13H24N4O6/c1-5(14)10(19)15-6(2)11(20)16-7(3)12(21)17-9(8(4)18)13(22)23/h5-9,18H,14H2,1-4H3,(H,15,19)(H,16,20)(H,17,21)(H,22,23). The molecule has 10 nitrogen and oxygen atoms in total. The zero-order valence-electron chi connectivity index (χ0n) is 13.5. The van der Waals surface area contributed by atoms with Crippen LogP contribution in [-0.4, -0.2) is 64.2 Å². The Labute approximate surface area is 133 Å². The molecule has 0 aromatic rings. The summed E-state index contributed by atoms with van der Waals surface area (Å²) in [5, 5.41) is 25.0. The molecule has 0 saturated carbocycles. The largest absolute Gasteiger partial charge is 0.480 e. The van der Waals surface area contributed by atoms with Gasteiger partial charge in [0, 0.05) is 0 Å². The van der Waals surface area contributed by atoms with E-state index in [1.165, 1.54) is 27.7 Å². The predicted octanol–water partition coefficient (Wildman–Crippen LogP) is -2.71. The number of aliphatic carboxylic acids is 1. The number of aliphatic hydroxyl groups is 1. The summed E-state index contributed by atoms with van der Waals surface area (Å²) in [5.41, 5.74) is 5.36. The minimum atomic E-state index is -1.49. The second-order valence-electron chi connectivity index (χ2n) is 5.31. The third-order valence-corrected chi connectivity index (χ3v) is 2.96. The second-order valence-corrected chi connectivity index (χ2v) is 5.31. The van der Waals surface area contributed by atoms with E-state index in [1.807, 2.05) is 0 Å². The highest BCUT2D eigenvalue weighted by atomic mass is 16.4. The zero-order chi connectivity index (χ0) is 18.3. The van der Waals surface area contributed by atoms with E-state index in [2.05, 4.69) is 16.0 Å². The first kappa shape index (κ1) is 20.8. The van der Waals surface area contributed by atoms with Crippen molar-refractivity contribution in [2.75, 3.05) is 0 Å². The predicted molar refractivity (Wildman–Crippen MR) is 80.1 cm³/mol. The molecular formula is C13H24N4O6. The van der Waals surface area contributed by atoms with Gasteiger partial charge in [-0.05, 0) is 27.7 Å². The van der Waals surface area contributed by atoms with Crippen molar-refractivity contribution in [1.82, 2.24) is 16.0 Å². The molecular weight excluding hydrogens is 308 g/mol. The van der Waals surface area contributed by atoms with Crippen molar-refractivity contribution in [3.05, 3.63) is 0 Å². The summed E-state index contributed by atoms with van der Waals surface area (Å²) in [5.74, 6) is -3.34. The quantitative estimate of drug-likeness (QED) is 0.280. The summed E-state index contributed by atoms with van der Waals surface area (Å²) in [7, 11) is 0. The number of carboxylic acids is 1. The van der Waals surface area contributed by atoms with Gasteiger partial charge in [-0.25, -0.2) is 4.79 Å². The third-order valence-electron chi connectivity index (χ3n) is 2.96. The molecule has 0 rings (SSSR count). The van der Waals surface area contributed by atoms with Crippen LogP contribution >= 0.6 is 0 Å². The van der Waals surface area contributed by atoms with E-state index in [-0.39, 0.29) is 0 Å². The number of nitrogens with one attached hydrogen (secondary N) is 3. The summed E-state index contributed by atoms with van der Waals surface area (Å²) in [4.78, 5) is 46.0. The Balaban J connectivity index is 4.59. The average Bonchev–Trinajstić information content (AvgIpc) is 2.42. The molecule has 5 atom stereocenters. The SMILES string of the molecule is CC(N)C(=O)NC(C)C(=O)NC(C)C(=O)NC(C(=O)O)C(C)O. The maximum absolute atomic E-state index is 11.9. The molecule has 0 heterocycles. The Kier molecular flexibility index (Phi) is 8.19. The number of aliphatic hydroxyl groups excluding tert-OH is 1. The van der Waals surface area contributed by atoms with Crippen molar-refractivity contribution in [3.8, 4) is 0 Å². The Morgan fingerprint density at radius 3 is 1.57 bits per heavy atom. The number of carbonyl (C=O) groups is 4. The van der Waals surface area contributed by atoms with Gasteiger partial charge >= 0.3 is 5.97 Å². The van der Waals surface area contributed by atoms with Crippen LogP contribution in [0.4, 0.5) is 0 Å². The number of amides is 3. The summed E-state index contributed by atoms with van der Waals surface area (Å²) in [6.07, 6.45) is -1.30. The number of carbonyl (C=O) groups excluding carboxylic acids is 3. The lowest BCUT2D eigenvalue weighted by molar-refractivity contribution is -0.145. The van der Waals surface area contributed by atoms with Crippen LogP contribution in [0, 0.1) is 0 Å². The molecule has 0 aromatic carbocycles. The molecule has 0 saturated heterocycles. The molecule has 5 unspecified atom stereocenters. The molecule has 0 aliphatic rings. The van der Waals surface area contributed by atoms with Gasteiger partial charge in [0.05, 0.1) is 12.1 Å². The van der Waals surface area contributed by atoms with Crippen molar-refractivity contribution in [2.24, 2.45) is 5.73 Å². The summed E-state index contributed by atoms with van der Waals surface area (Å²) >= 11 is 0. The molecule has 0 aromatic heterocycles. The fourth-order valence-corrected chi connectivity index (χ4v) is 1.48. The number of carboxylic acid groups (broad SMARTS) is 1. The van der Waals surface area contributed by atoms with E-state index in [1.54, 1.807) is 0 Å². The van der Waals surface area contributed by atoms with Crippen LogP contribution in [0.25, 0.3) is 0 Å². The van der Waals surface area contributed by atoms with Crippen molar-refractivity contribution in [1.29, 1.82) is 0 Å². The van der Waals surface area contributed by atoms with Gasteiger partial charge in [-0.2, -0.15) is 0 Å². The maximum atomic E-state index is 11.9. The minimum Gasteiger partial charge on any atom is -0.480 e. The Bertz CT molecular complexity index is 465. The number of rotatable bonds is 8. The minimum absolute atomic E-state index is 0.523. The van der Waals surface area contributed by atoms with Gasteiger partial charge in [-0.15, -0.1) is 0 Å². The fraction of sp³-hybridized carbons (Fsp3) is 0.692. The lowest BCUT2D eigenvalue weighted by atomic mass is 10.1. The second kappa shape index (κ2) is 9.06. The van der Waals surface area contributed by atoms with Crippen molar-refractivity contribution in [3.63, 3.8) is 0 Å². The first-order valence-electron chi connectivity index (χ1n) is 7.05. The number of nitrogens with two attached hydrogens (primary N) is 1. The van der Waals surface area contributed by atoms with Gasteiger partial charge in [0.2, 0.25) is 17.7 Å². The van der Waals surface area contributed by atoms with E-state index in [0.717, 1.165) is 0 Å². The van der Waals surface area contributed by atoms with E-state index >= 15 is 0 Å². The molecule has 23 heavy (non-hydrogen) atoms. The molecule has 0 aliphatic heterocycles. The normalized spacial score (nSPS) is 17.1. The summed E-state index contributed by atoms with van der Waals surface area (Å²) < 4.78 is 0. The molecule has 0 radical (unpaired) electrons. The summed E-state index contributed by atoms with van der Waals surface area (Å²) in [6.45, 7) is 5.43. The van der Waals surface area contributed by atoms with Crippen LogP contribution in [0.1, 0.15) is 27.7 Å². The van der Waals surface area contributed by atoms with E-state index in [4.69, 9.17) is 10.8 Å². The van der Waals surface area contributed by atoms with Crippen LogP contribution in [-0.2, 0) is 19.2 Å². The smallest absolute Gasteiger partial charge is 0.328 e. The monoisotopic (exact) mass is 332 g/mol. The van der Waals surface area contributed by atoms with Crippen molar-refractivity contribution >= 4 is 23.7 Å². The molecule has 0 aliphatic carbocycles. The molecule has 10 heteroatoms. The highest BCUT2D eigenvalue weighted by Gasteiger charge is 2.28. The number of hydrogen-bond donors (Lipinski definition) is 6. The first-order chi connectivity index (χ1) is 10.5. The van der Waals surface area contributed by atoms with Gasteiger partial charge in [0.1, 0.15) is 12.1 Å². The third kappa shape index (κ3) is 7.06. The molecule has 0 bridgehead atoms. The van der Waals surface area contributed by atoms with Crippen LogP contribution < -0.4 is 21.7 Å². The van der Waals surface area contributed by atoms with Crippen LogP contribution in [0.5, 0.6) is 0 Å². The Morgan fingerprint density at radius 1 is 0.826 bits per heavy atom. The summed E-state index contributed by atoms with van der Waals surface area (Å²) in [6, 6.07) is -4.25. The zero-order valence-corrected chi connectivity index (χ0v) is 13.5. The molecule has 0 spiro atoms. The van der Waals surface area contributed by atoms with Gasteiger partial charge in [0.15, 0.2) is 6.04 Å². The van der Waals surface area contributed by atoms with Crippen LogP contribution in [0.2, 0.25) is 0 Å². The van der Waals surface area contributed by atoms with Gasteiger partial charge in [-0.1, -0.05) is 0 Å². The highest BCUT2D eigenvalue weighted by molar-refractivity contribution is 5.93. The van der Waals surface area contributed by atoms with E-state index < -0.39 is 54.0 Å². The van der Waals surface area contributed by atoms with Crippen LogP contribution in [0.15, 0.2) is 0 Å². The fourth-order valence-electron chi connectivity index (χ4n) is 1.48. The van der Waals surface area contributed by atoms with E-state index in [0.29, 0.717) is 0 Å². The van der Waals surface area contributed by atoms with Gasteiger partial charge in [-0.3, -0.25) is 14.4 Å². The van der Waals surface area contributed by atoms with Crippen molar-refractivity contribution < 1.29 is 29.4 Å².